The topological polar surface area (TPSA) is 70.8 Å². The third-order valence-electron chi connectivity index (χ3n) is 4.18. The Morgan fingerprint density at radius 3 is 2.39 bits per heavy atom. The van der Waals surface area contributed by atoms with Gasteiger partial charge in [0.05, 0.1) is 18.8 Å². The summed E-state index contributed by atoms with van der Waals surface area (Å²) in [7, 11) is -3.56. The van der Waals surface area contributed by atoms with E-state index in [0.29, 0.717) is 11.5 Å². The highest BCUT2D eigenvalue weighted by atomic mass is 32.2. The average Bonchev–Trinajstić information content (AvgIpc) is 3.07. The van der Waals surface area contributed by atoms with E-state index < -0.39 is 10.0 Å². The molecule has 28 heavy (non-hydrogen) atoms. The number of aryl methyl sites for hydroxylation is 1. The van der Waals surface area contributed by atoms with E-state index in [-0.39, 0.29) is 43.7 Å². The minimum absolute atomic E-state index is 0.0478. The summed E-state index contributed by atoms with van der Waals surface area (Å²) in [4.78, 5) is 14.4. The average molecular weight is 408 g/mol. The third-order valence-corrected chi connectivity index (χ3v) is 5.98. The number of benzene rings is 1. The molecule has 0 saturated carbocycles. The molecule has 0 fully saturated rings. The van der Waals surface area contributed by atoms with E-state index in [4.69, 9.17) is 4.42 Å². The van der Waals surface area contributed by atoms with Crippen molar-refractivity contribution in [3.63, 3.8) is 0 Å². The fourth-order valence-electron chi connectivity index (χ4n) is 2.65. The predicted octanol–water partition coefficient (Wildman–Crippen LogP) is 3.09. The highest BCUT2D eigenvalue weighted by molar-refractivity contribution is 7.89. The maximum absolute atomic E-state index is 13.2. The van der Waals surface area contributed by atoms with E-state index in [2.05, 4.69) is 6.58 Å². The molecule has 0 aliphatic rings. The number of amides is 1. The second kappa shape index (κ2) is 9.66. The van der Waals surface area contributed by atoms with Crippen LogP contribution in [-0.4, -0.2) is 42.4 Å². The molecule has 0 aliphatic carbocycles. The van der Waals surface area contributed by atoms with E-state index in [1.54, 1.807) is 31.2 Å². The fourth-order valence-corrected chi connectivity index (χ4v) is 3.66. The molecule has 1 amide bonds. The van der Waals surface area contributed by atoms with Crippen molar-refractivity contribution >= 4 is 15.9 Å². The molecule has 0 N–H and O–H groups in total. The zero-order chi connectivity index (χ0) is 20.7. The standard InChI is InChI=1S/C20H25FN2O4S/c1-4-12-23(28(25,26)5-2)15-20(24)22(14-19-11-6-16(3)27-19)13-17-7-9-18(21)10-8-17/h4,6-11H,1,5,12-15H2,2-3H3. The Balaban J connectivity index is 2.23. The Kier molecular flexibility index (Phi) is 7.53. The molecule has 0 radical (unpaired) electrons. The number of rotatable bonds is 10. The molecule has 0 saturated heterocycles. The fraction of sp³-hybridized carbons (Fsp3) is 0.350. The van der Waals surface area contributed by atoms with Crippen LogP contribution >= 0.6 is 0 Å². The lowest BCUT2D eigenvalue weighted by Gasteiger charge is -2.26. The van der Waals surface area contributed by atoms with Crippen LogP contribution in [0.2, 0.25) is 0 Å². The largest absolute Gasteiger partial charge is 0.464 e. The molecule has 0 bridgehead atoms. The third kappa shape index (κ3) is 6.03. The van der Waals surface area contributed by atoms with Gasteiger partial charge in [-0.25, -0.2) is 12.8 Å². The van der Waals surface area contributed by atoms with Gasteiger partial charge in [0.25, 0.3) is 0 Å². The van der Waals surface area contributed by atoms with Crippen molar-refractivity contribution in [3.05, 3.63) is 72.0 Å². The number of carbonyl (C=O) groups excluding carboxylic acids is 1. The summed E-state index contributed by atoms with van der Waals surface area (Å²) in [5, 5.41) is 0. The number of sulfonamides is 1. The molecule has 0 atom stereocenters. The van der Waals surface area contributed by atoms with Crippen LogP contribution in [0.15, 0.2) is 53.5 Å². The molecule has 8 heteroatoms. The second-order valence-electron chi connectivity index (χ2n) is 6.37. The summed E-state index contributed by atoms with van der Waals surface area (Å²) in [6.45, 7) is 7.02. The van der Waals surface area contributed by atoms with Crippen LogP contribution in [0.1, 0.15) is 24.0 Å². The summed E-state index contributed by atoms with van der Waals surface area (Å²) in [6.07, 6.45) is 1.45. The van der Waals surface area contributed by atoms with E-state index in [0.717, 1.165) is 9.87 Å². The van der Waals surface area contributed by atoms with Gasteiger partial charge in [-0.3, -0.25) is 4.79 Å². The van der Waals surface area contributed by atoms with E-state index in [1.807, 2.05) is 0 Å². The summed E-state index contributed by atoms with van der Waals surface area (Å²) in [5.74, 6) is 0.447. The van der Waals surface area contributed by atoms with Gasteiger partial charge in [0.2, 0.25) is 15.9 Å². The van der Waals surface area contributed by atoms with Crippen LogP contribution in [0, 0.1) is 12.7 Å². The van der Waals surface area contributed by atoms with Crippen LogP contribution < -0.4 is 0 Å². The smallest absolute Gasteiger partial charge is 0.238 e. The molecule has 6 nitrogen and oxygen atoms in total. The van der Waals surface area contributed by atoms with Gasteiger partial charge in [0.15, 0.2) is 0 Å². The van der Waals surface area contributed by atoms with E-state index in [1.165, 1.54) is 30.0 Å². The van der Waals surface area contributed by atoms with Crippen LogP contribution in [0.4, 0.5) is 4.39 Å². The Labute approximate surface area is 165 Å². The first kappa shape index (κ1) is 21.8. The molecular weight excluding hydrogens is 383 g/mol. The van der Waals surface area contributed by atoms with Crippen molar-refractivity contribution in [1.29, 1.82) is 0 Å². The van der Waals surface area contributed by atoms with Crippen molar-refractivity contribution in [1.82, 2.24) is 9.21 Å². The quantitative estimate of drug-likeness (QED) is 0.567. The lowest BCUT2D eigenvalue weighted by molar-refractivity contribution is -0.132. The molecule has 0 spiro atoms. The first-order valence-corrected chi connectivity index (χ1v) is 10.5. The Morgan fingerprint density at radius 1 is 1.18 bits per heavy atom. The number of hydrogen-bond acceptors (Lipinski definition) is 4. The number of carbonyl (C=O) groups is 1. The van der Waals surface area contributed by atoms with Gasteiger partial charge in [-0.1, -0.05) is 18.2 Å². The molecule has 1 heterocycles. The van der Waals surface area contributed by atoms with Crippen LogP contribution in [-0.2, 0) is 27.9 Å². The molecule has 152 valence electrons. The first-order valence-electron chi connectivity index (χ1n) is 8.91. The van der Waals surface area contributed by atoms with Crippen molar-refractivity contribution in [2.45, 2.75) is 26.9 Å². The van der Waals surface area contributed by atoms with Gasteiger partial charge in [0, 0.05) is 13.1 Å². The Morgan fingerprint density at radius 2 is 1.86 bits per heavy atom. The second-order valence-corrected chi connectivity index (χ2v) is 8.63. The summed E-state index contributed by atoms with van der Waals surface area (Å²) >= 11 is 0. The summed E-state index contributed by atoms with van der Waals surface area (Å²) in [6, 6.07) is 9.38. The first-order chi connectivity index (χ1) is 13.2. The monoisotopic (exact) mass is 408 g/mol. The number of nitrogens with zero attached hydrogens (tertiary/aromatic N) is 2. The van der Waals surface area contributed by atoms with Gasteiger partial charge < -0.3 is 9.32 Å². The Hall–Kier alpha value is -2.45. The predicted molar refractivity (Wildman–Crippen MR) is 105 cm³/mol. The van der Waals surface area contributed by atoms with Crippen molar-refractivity contribution in [3.8, 4) is 0 Å². The van der Waals surface area contributed by atoms with Crippen molar-refractivity contribution in [2.24, 2.45) is 0 Å². The summed E-state index contributed by atoms with van der Waals surface area (Å²) in [5.41, 5.74) is 0.728. The lowest BCUT2D eigenvalue weighted by atomic mass is 10.2. The van der Waals surface area contributed by atoms with Gasteiger partial charge in [-0.2, -0.15) is 4.31 Å². The van der Waals surface area contributed by atoms with Gasteiger partial charge in [-0.05, 0) is 43.7 Å². The maximum atomic E-state index is 13.2. The molecule has 1 aromatic carbocycles. The van der Waals surface area contributed by atoms with Crippen LogP contribution in [0.3, 0.4) is 0 Å². The highest BCUT2D eigenvalue weighted by Gasteiger charge is 2.25. The highest BCUT2D eigenvalue weighted by Crippen LogP contribution is 2.15. The Bertz CT molecular complexity index is 907. The lowest BCUT2D eigenvalue weighted by Crippen LogP contribution is -2.43. The SMILES string of the molecule is C=CCN(CC(=O)N(Cc1ccc(F)cc1)Cc1ccc(C)o1)S(=O)(=O)CC. The van der Waals surface area contributed by atoms with Crippen molar-refractivity contribution in [2.75, 3.05) is 18.8 Å². The number of halogens is 1. The van der Waals surface area contributed by atoms with Crippen molar-refractivity contribution < 1.29 is 22.0 Å². The zero-order valence-electron chi connectivity index (χ0n) is 16.1. The molecular formula is C20H25FN2O4S. The van der Waals surface area contributed by atoms with Crippen LogP contribution in [0.5, 0.6) is 0 Å². The molecule has 0 aliphatic heterocycles. The minimum atomic E-state index is -3.56. The molecule has 2 aromatic rings. The number of furan rings is 1. The molecule has 1 aromatic heterocycles. The maximum Gasteiger partial charge on any atom is 0.238 e. The van der Waals surface area contributed by atoms with Crippen LogP contribution in [0.25, 0.3) is 0 Å². The zero-order valence-corrected chi connectivity index (χ0v) is 16.9. The van der Waals surface area contributed by atoms with Gasteiger partial charge >= 0.3 is 0 Å². The number of hydrogen-bond donors (Lipinski definition) is 0. The minimum Gasteiger partial charge on any atom is -0.464 e. The normalized spacial score (nSPS) is 11.6. The molecule has 2 rings (SSSR count). The van der Waals surface area contributed by atoms with Gasteiger partial charge in [-0.15, -0.1) is 6.58 Å². The van der Waals surface area contributed by atoms with E-state index >= 15 is 0 Å². The van der Waals surface area contributed by atoms with Gasteiger partial charge in [0.1, 0.15) is 17.3 Å². The summed E-state index contributed by atoms with van der Waals surface area (Å²) < 4.78 is 44.3. The molecule has 0 unspecified atom stereocenters. The van der Waals surface area contributed by atoms with E-state index in [9.17, 15) is 17.6 Å².